The van der Waals surface area contributed by atoms with Crippen LogP contribution in [0.1, 0.15) is 18.9 Å². The number of carbonyl (C=O) groups excluding carboxylic acids is 1. The van der Waals surface area contributed by atoms with E-state index in [4.69, 9.17) is 0 Å². The van der Waals surface area contributed by atoms with Gasteiger partial charge in [-0.1, -0.05) is 25.6 Å². The number of ketones is 1. The van der Waals surface area contributed by atoms with E-state index < -0.39 is 10.0 Å². The molecule has 0 aliphatic carbocycles. The minimum absolute atomic E-state index is 0.0882. The maximum Gasteiger partial charge on any atom is 0.240 e. The van der Waals surface area contributed by atoms with Crippen LogP contribution in [0.2, 0.25) is 0 Å². The zero-order valence-corrected chi connectivity index (χ0v) is 11.2. The van der Waals surface area contributed by atoms with Crippen molar-refractivity contribution in [3.63, 3.8) is 0 Å². The van der Waals surface area contributed by atoms with Gasteiger partial charge in [-0.25, -0.2) is 13.1 Å². The summed E-state index contributed by atoms with van der Waals surface area (Å²) in [5.41, 5.74) is 0.773. The predicted molar refractivity (Wildman–Crippen MR) is 70.8 cm³/mol. The number of benzene rings is 1. The normalized spacial score (nSPS) is 11.2. The van der Waals surface area contributed by atoms with Crippen molar-refractivity contribution in [1.82, 2.24) is 4.72 Å². The Morgan fingerprint density at radius 3 is 2.44 bits per heavy atom. The lowest BCUT2D eigenvalue weighted by molar-refractivity contribution is -0.114. The molecule has 0 saturated carbocycles. The number of hydrogen-bond acceptors (Lipinski definition) is 3. The Labute approximate surface area is 108 Å². The van der Waals surface area contributed by atoms with Gasteiger partial charge in [-0.3, -0.25) is 4.79 Å². The highest BCUT2D eigenvalue weighted by molar-refractivity contribution is 7.89. The first-order valence-electron chi connectivity index (χ1n) is 5.73. The number of sulfonamides is 1. The molecule has 0 unspecified atom stereocenters. The summed E-state index contributed by atoms with van der Waals surface area (Å²) in [5, 5.41) is 0. The zero-order chi connectivity index (χ0) is 13.6. The Kier molecular flexibility index (Phi) is 5.25. The van der Waals surface area contributed by atoms with E-state index in [0.29, 0.717) is 6.54 Å². The number of carbonyl (C=O) groups is 1. The average molecular weight is 267 g/mol. The Balaban J connectivity index is 2.82. The maximum atomic E-state index is 11.8. The van der Waals surface area contributed by atoms with E-state index in [0.717, 1.165) is 12.0 Å². The lowest BCUT2D eigenvalue weighted by atomic mass is 10.1. The van der Waals surface area contributed by atoms with Gasteiger partial charge >= 0.3 is 0 Å². The van der Waals surface area contributed by atoms with E-state index in [1.807, 2.05) is 6.92 Å². The maximum absolute atomic E-state index is 11.8. The third kappa shape index (κ3) is 4.09. The third-order valence-electron chi connectivity index (χ3n) is 2.38. The molecule has 1 aromatic rings. The van der Waals surface area contributed by atoms with Crippen molar-refractivity contribution >= 4 is 15.8 Å². The first-order chi connectivity index (χ1) is 8.49. The van der Waals surface area contributed by atoms with Gasteiger partial charge in [0.05, 0.1) is 4.90 Å². The van der Waals surface area contributed by atoms with Crippen LogP contribution in [0.15, 0.2) is 41.8 Å². The second kappa shape index (κ2) is 6.47. The summed E-state index contributed by atoms with van der Waals surface area (Å²) in [6, 6.07) is 6.29. The van der Waals surface area contributed by atoms with Gasteiger partial charge in [0, 0.05) is 13.0 Å². The average Bonchev–Trinajstić information content (AvgIpc) is 2.37. The van der Waals surface area contributed by atoms with Crippen LogP contribution in [0, 0.1) is 0 Å². The third-order valence-corrected chi connectivity index (χ3v) is 3.86. The highest BCUT2D eigenvalue weighted by Crippen LogP contribution is 2.11. The molecule has 0 aliphatic heterocycles. The van der Waals surface area contributed by atoms with E-state index in [9.17, 15) is 13.2 Å². The van der Waals surface area contributed by atoms with Gasteiger partial charge in [-0.2, -0.15) is 0 Å². The molecule has 1 aromatic carbocycles. The number of nitrogens with one attached hydrogen (secondary N) is 1. The quantitative estimate of drug-likeness (QED) is 0.764. The van der Waals surface area contributed by atoms with Crippen LogP contribution in [0.4, 0.5) is 0 Å². The molecule has 98 valence electrons. The van der Waals surface area contributed by atoms with Crippen LogP contribution in [0.25, 0.3) is 0 Å². The molecule has 18 heavy (non-hydrogen) atoms. The fraction of sp³-hybridized carbons (Fsp3) is 0.308. The van der Waals surface area contributed by atoms with Gasteiger partial charge in [0.2, 0.25) is 10.0 Å². The first kappa shape index (κ1) is 14.6. The van der Waals surface area contributed by atoms with Crippen molar-refractivity contribution in [2.75, 3.05) is 6.54 Å². The summed E-state index contributed by atoms with van der Waals surface area (Å²) in [6.45, 7) is 5.70. The molecule has 0 aromatic heterocycles. The van der Waals surface area contributed by atoms with Crippen LogP contribution in [-0.2, 0) is 21.2 Å². The SMILES string of the molecule is C=CC(=O)Cc1ccc(S(=O)(=O)NCCC)cc1. The van der Waals surface area contributed by atoms with Crippen molar-refractivity contribution in [2.24, 2.45) is 0 Å². The molecule has 0 amide bonds. The summed E-state index contributed by atoms with van der Waals surface area (Å²) in [4.78, 5) is 11.4. The molecule has 0 saturated heterocycles. The van der Waals surface area contributed by atoms with Crippen LogP contribution >= 0.6 is 0 Å². The second-order valence-electron chi connectivity index (χ2n) is 3.89. The van der Waals surface area contributed by atoms with Gasteiger partial charge in [-0.05, 0) is 30.2 Å². The Hall–Kier alpha value is -1.46. The highest BCUT2D eigenvalue weighted by atomic mass is 32.2. The lowest BCUT2D eigenvalue weighted by Gasteiger charge is -2.06. The second-order valence-corrected chi connectivity index (χ2v) is 5.66. The molecule has 0 radical (unpaired) electrons. The molecular weight excluding hydrogens is 250 g/mol. The van der Waals surface area contributed by atoms with Crippen LogP contribution in [0.3, 0.4) is 0 Å². The molecule has 0 aliphatic rings. The van der Waals surface area contributed by atoms with Gasteiger partial charge in [0.25, 0.3) is 0 Å². The van der Waals surface area contributed by atoms with Crippen LogP contribution < -0.4 is 4.72 Å². The van der Waals surface area contributed by atoms with Crippen molar-refractivity contribution < 1.29 is 13.2 Å². The standard InChI is InChI=1S/C13H17NO3S/c1-3-9-14-18(16,17)13-7-5-11(6-8-13)10-12(15)4-2/h4-8,14H,2-3,9-10H2,1H3. The smallest absolute Gasteiger partial charge is 0.240 e. The van der Waals surface area contributed by atoms with E-state index in [-0.39, 0.29) is 17.1 Å². The first-order valence-corrected chi connectivity index (χ1v) is 7.21. The van der Waals surface area contributed by atoms with Crippen molar-refractivity contribution in [3.05, 3.63) is 42.5 Å². The molecule has 0 fully saturated rings. The molecule has 0 spiro atoms. The summed E-state index contributed by atoms with van der Waals surface area (Å²) in [7, 11) is -3.43. The van der Waals surface area contributed by atoms with Gasteiger partial charge in [0.1, 0.15) is 0 Å². The van der Waals surface area contributed by atoms with Crippen LogP contribution in [0.5, 0.6) is 0 Å². The summed E-state index contributed by atoms with van der Waals surface area (Å²) >= 11 is 0. The van der Waals surface area contributed by atoms with Gasteiger partial charge in [0.15, 0.2) is 5.78 Å². The van der Waals surface area contributed by atoms with E-state index in [1.165, 1.54) is 18.2 Å². The van der Waals surface area contributed by atoms with E-state index in [1.54, 1.807) is 12.1 Å². The molecule has 0 heterocycles. The summed E-state index contributed by atoms with van der Waals surface area (Å²) in [5.74, 6) is -0.0882. The Morgan fingerprint density at radius 1 is 1.33 bits per heavy atom. The van der Waals surface area contributed by atoms with Crippen molar-refractivity contribution in [2.45, 2.75) is 24.7 Å². The largest absolute Gasteiger partial charge is 0.295 e. The Morgan fingerprint density at radius 2 is 1.94 bits per heavy atom. The Bertz CT molecular complexity index is 518. The van der Waals surface area contributed by atoms with Crippen molar-refractivity contribution in [1.29, 1.82) is 0 Å². The number of allylic oxidation sites excluding steroid dienone is 1. The number of hydrogen-bond donors (Lipinski definition) is 1. The topological polar surface area (TPSA) is 63.2 Å². The van der Waals surface area contributed by atoms with E-state index >= 15 is 0 Å². The fourth-order valence-corrected chi connectivity index (χ4v) is 2.51. The minimum atomic E-state index is -3.43. The van der Waals surface area contributed by atoms with Gasteiger partial charge < -0.3 is 0 Å². The number of rotatable bonds is 7. The fourth-order valence-electron chi connectivity index (χ4n) is 1.38. The lowest BCUT2D eigenvalue weighted by Crippen LogP contribution is -2.24. The molecule has 5 heteroatoms. The summed E-state index contributed by atoms with van der Waals surface area (Å²) < 4.78 is 26.1. The molecule has 0 bridgehead atoms. The zero-order valence-electron chi connectivity index (χ0n) is 10.3. The molecular formula is C13H17NO3S. The highest BCUT2D eigenvalue weighted by Gasteiger charge is 2.12. The summed E-state index contributed by atoms with van der Waals surface area (Å²) in [6.07, 6.45) is 2.24. The van der Waals surface area contributed by atoms with Gasteiger partial charge in [-0.15, -0.1) is 0 Å². The van der Waals surface area contributed by atoms with Crippen LogP contribution in [-0.4, -0.2) is 20.7 Å². The molecule has 1 rings (SSSR count). The molecule has 1 N–H and O–H groups in total. The van der Waals surface area contributed by atoms with Crippen molar-refractivity contribution in [3.8, 4) is 0 Å². The molecule has 0 atom stereocenters. The monoisotopic (exact) mass is 267 g/mol. The molecule has 4 nitrogen and oxygen atoms in total. The predicted octanol–water partition coefficient (Wildman–Crippen LogP) is 1.67. The minimum Gasteiger partial charge on any atom is -0.295 e. The van der Waals surface area contributed by atoms with E-state index in [2.05, 4.69) is 11.3 Å².